The quantitative estimate of drug-likeness (QED) is 0.896. The molecule has 3 nitrogen and oxygen atoms in total. The predicted molar refractivity (Wildman–Crippen MR) is 91.8 cm³/mol. The summed E-state index contributed by atoms with van der Waals surface area (Å²) < 4.78 is 5.74. The normalized spacial score (nSPS) is 24.3. The summed E-state index contributed by atoms with van der Waals surface area (Å²) in [4.78, 5) is 2.35. The number of aliphatic hydroxyl groups is 1. The van der Waals surface area contributed by atoms with Gasteiger partial charge in [-0.15, -0.1) is 0 Å². The van der Waals surface area contributed by atoms with Crippen molar-refractivity contribution >= 4 is 11.6 Å². The van der Waals surface area contributed by atoms with Gasteiger partial charge in [-0.25, -0.2) is 0 Å². The number of β-amino-alcohol motifs (C(OH)–C–C–N with tert-alkyl or cyclic N) is 1. The zero-order chi connectivity index (χ0) is 16.3. The van der Waals surface area contributed by atoms with Crippen LogP contribution in [0.2, 0.25) is 5.02 Å². The van der Waals surface area contributed by atoms with Crippen molar-refractivity contribution in [3.05, 3.63) is 28.3 Å². The van der Waals surface area contributed by atoms with E-state index in [0.29, 0.717) is 25.0 Å². The molecule has 1 aromatic carbocycles. The molecule has 0 radical (unpaired) electrons. The van der Waals surface area contributed by atoms with Gasteiger partial charge in [-0.3, -0.25) is 0 Å². The summed E-state index contributed by atoms with van der Waals surface area (Å²) in [6.07, 6.45) is 0.820. The minimum absolute atomic E-state index is 0.319. The van der Waals surface area contributed by atoms with Crippen LogP contribution >= 0.6 is 11.6 Å². The van der Waals surface area contributed by atoms with Crippen LogP contribution in [0, 0.1) is 25.7 Å². The first-order valence-corrected chi connectivity index (χ1v) is 8.53. The van der Waals surface area contributed by atoms with Crippen molar-refractivity contribution in [3.63, 3.8) is 0 Å². The van der Waals surface area contributed by atoms with E-state index in [2.05, 4.69) is 18.7 Å². The molecule has 22 heavy (non-hydrogen) atoms. The lowest BCUT2D eigenvalue weighted by Crippen LogP contribution is -2.44. The monoisotopic (exact) mass is 325 g/mol. The van der Waals surface area contributed by atoms with Crippen LogP contribution < -0.4 is 4.74 Å². The molecule has 0 unspecified atom stereocenters. The Morgan fingerprint density at radius 1 is 1.23 bits per heavy atom. The second kappa shape index (κ2) is 7.67. The fourth-order valence-electron chi connectivity index (χ4n) is 3.47. The third-order valence-electron chi connectivity index (χ3n) is 4.27. The Morgan fingerprint density at radius 3 is 2.32 bits per heavy atom. The number of benzene rings is 1. The van der Waals surface area contributed by atoms with Crippen molar-refractivity contribution < 1.29 is 9.84 Å². The minimum atomic E-state index is -0.464. The summed E-state index contributed by atoms with van der Waals surface area (Å²) >= 11 is 6.16. The molecule has 1 N–H and O–H groups in total. The van der Waals surface area contributed by atoms with E-state index in [4.69, 9.17) is 16.3 Å². The molecule has 0 aromatic heterocycles. The third-order valence-corrected chi connectivity index (χ3v) is 4.86. The van der Waals surface area contributed by atoms with Crippen LogP contribution in [0.1, 0.15) is 31.4 Å². The number of likely N-dealkylation sites (tertiary alicyclic amines) is 1. The second-order valence-corrected chi connectivity index (χ2v) is 7.38. The van der Waals surface area contributed by atoms with Crippen LogP contribution in [-0.4, -0.2) is 42.4 Å². The van der Waals surface area contributed by atoms with Crippen LogP contribution in [0.3, 0.4) is 0 Å². The van der Waals surface area contributed by atoms with Gasteiger partial charge >= 0.3 is 0 Å². The first-order valence-electron chi connectivity index (χ1n) is 8.15. The number of halogens is 1. The van der Waals surface area contributed by atoms with Crippen molar-refractivity contribution in [1.82, 2.24) is 4.90 Å². The Bertz CT molecular complexity index is 473. The highest BCUT2D eigenvalue weighted by Crippen LogP contribution is 2.26. The molecule has 1 aliphatic rings. The molecule has 0 spiro atoms. The maximum Gasteiger partial charge on any atom is 0.120 e. The summed E-state index contributed by atoms with van der Waals surface area (Å²) in [7, 11) is 0. The maximum atomic E-state index is 10.2. The summed E-state index contributed by atoms with van der Waals surface area (Å²) in [5.74, 6) is 2.19. The number of hydrogen-bond acceptors (Lipinski definition) is 3. The second-order valence-electron chi connectivity index (χ2n) is 7.00. The molecule has 1 aliphatic heterocycles. The Labute approximate surface area is 139 Å². The molecule has 4 heteroatoms. The molecule has 3 atom stereocenters. The van der Waals surface area contributed by atoms with Crippen molar-refractivity contribution in [2.75, 3.05) is 26.2 Å². The van der Waals surface area contributed by atoms with E-state index in [1.807, 2.05) is 26.0 Å². The molecule has 2 rings (SSSR count). The third kappa shape index (κ3) is 4.87. The van der Waals surface area contributed by atoms with Crippen LogP contribution in [-0.2, 0) is 0 Å². The Morgan fingerprint density at radius 2 is 1.77 bits per heavy atom. The van der Waals surface area contributed by atoms with E-state index in [-0.39, 0.29) is 0 Å². The molecule has 0 amide bonds. The van der Waals surface area contributed by atoms with Gasteiger partial charge in [0.05, 0.1) is 0 Å². The summed E-state index contributed by atoms with van der Waals surface area (Å²) in [5, 5.41) is 11.0. The predicted octanol–water partition coefficient (Wildman–Crippen LogP) is 3.67. The van der Waals surface area contributed by atoms with Crippen LogP contribution in [0.15, 0.2) is 12.1 Å². The van der Waals surface area contributed by atoms with Gasteiger partial charge in [0.25, 0.3) is 0 Å². The topological polar surface area (TPSA) is 32.7 Å². The van der Waals surface area contributed by atoms with Crippen molar-refractivity contribution in [2.45, 2.75) is 40.2 Å². The number of nitrogens with zero attached hydrogens (tertiary/aromatic N) is 1. The average molecular weight is 326 g/mol. The van der Waals surface area contributed by atoms with E-state index in [9.17, 15) is 5.11 Å². The maximum absolute atomic E-state index is 10.2. The molecule has 1 saturated heterocycles. The highest BCUT2D eigenvalue weighted by molar-refractivity contribution is 6.32. The van der Waals surface area contributed by atoms with Gasteiger partial charge in [0.2, 0.25) is 0 Å². The van der Waals surface area contributed by atoms with E-state index in [1.165, 1.54) is 6.42 Å². The lowest BCUT2D eigenvalue weighted by Gasteiger charge is -2.35. The molecule has 1 heterocycles. The van der Waals surface area contributed by atoms with Crippen molar-refractivity contribution in [1.29, 1.82) is 0 Å². The molecule has 1 aromatic rings. The van der Waals surface area contributed by atoms with Crippen molar-refractivity contribution in [2.24, 2.45) is 11.8 Å². The van der Waals surface area contributed by atoms with E-state index < -0.39 is 6.10 Å². The summed E-state index contributed by atoms with van der Waals surface area (Å²) in [6, 6.07) is 3.85. The number of aliphatic hydroxyl groups excluding tert-OH is 1. The number of ether oxygens (including phenoxy) is 1. The fourth-order valence-corrected chi connectivity index (χ4v) is 3.58. The van der Waals surface area contributed by atoms with Gasteiger partial charge in [-0.2, -0.15) is 0 Å². The fraction of sp³-hybridized carbons (Fsp3) is 0.667. The van der Waals surface area contributed by atoms with Crippen molar-refractivity contribution in [3.8, 4) is 5.75 Å². The summed E-state index contributed by atoms with van der Waals surface area (Å²) in [5.41, 5.74) is 2.01. The number of rotatable bonds is 5. The van der Waals surface area contributed by atoms with E-state index in [1.54, 1.807) is 0 Å². The average Bonchev–Trinajstić information content (AvgIpc) is 2.41. The SMILES string of the molecule is Cc1cc(OC[C@@H](O)CN2C[C@@H](C)C[C@H](C)C2)cc(C)c1Cl. The number of piperidine rings is 1. The smallest absolute Gasteiger partial charge is 0.120 e. The Kier molecular flexibility index (Phi) is 6.13. The van der Waals surface area contributed by atoms with E-state index >= 15 is 0 Å². The molecule has 1 fully saturated rings. The summed E-state index contributed by atoms with van der Waals surface area (Å²) in [6.45, 7) is 11.6. The van der Waals surface area contributed by atoms with Gasteiger partial charge in [0.15, 0.2) is 0 Å². The van der Waals surface area contributed by atoms with Gasteiger partial charge in [-0.05, 0) is 55.4 Å². The van der Waals surface area contributed by atoms with E-state index in [0.717, 1.165) is 35.0 Å². The Balaban J connectivity index is 1.84. The van der Waals surface area contributed by atoms with Crippen LogP contribution in [0.25, 0.3) is 0 Å². The van der Waals surface area contributed by atoms with Crippen LogP contribution in [0.4, 0.5) is 0 Å². The first kappa shape index (κ1) is 17.6. The molecule has 0 aliphatic carbocycles. The number of aryl methyl sites for hydroxylation is 2. The molecule has 124 valence electrons. The molecule has 0 bridgehead atoms. The minimum Gasteiger partial charge on any atom is -0.491 e. The number of hydrogen-bond donors (Lipinski definition) is 1. The Hall–Kier alpha value is -0.770. The van der Waals surface area contributed by atoms with Gasteiger partial charge in [0, 0.05) is 24.7 Å². The molecular weight excluding hydrogens is 298 g/mol. The standard InChI is InChI=1S/C18H28ClNO2/c1-12-5-13(2)9-20(8-12)10-16(21)11-22-17-6-14(3)18(19)15(4)7-17/h6-7,12-13,16,21H,5,8-11H2,1-4H3/t12-,13-,16-/m0/s1. The van der Waals surface area contributed by atoms with Gasteiger partial charge in [0.1, 0.15) is 18.5 Å². The zero-order valence-corrected chi connectivity index (χ0v) is 14.9. The van der Waals surface area contributed by atoms with Crippen LogP contribution in [0.5, 0.6) is 5.75 Å². The zero-order valence-electron chi connectivity index (χ0n) is 14.1. The first-order chi connectivity index (χ1) is 10.3. The lowest BCUT2D eigenvalue weighted by atomic mass is 9.92. The molecular formula is C18H28ClNO2. The lowest BCUT2D eigenvalue weighted by molar-refractivity contribution is 0.0428. The highest BCUT2D eigenvalue weighted by atomic mass is 35.5. The molecule has 0 saturated carbocycles. The largest absolute Gasteiger partial charge is 0.491 e. The van der Waals surface area contributed by atoms with Gasteiger partial charge in [-0.1, -0.05) is 25.4 Å². The highest BCUT2D eigenvalue weighted by Gasteiger charge is 2.23. The van der Waals surface area contributed by atoms with Gasteiger partial charge < -0.3 is 14.7 Å².